The Bertz CT molecular complexity index is 433. The maximum atomic E-state index is 2.46. The van der Waals surface area contributed by atoms with E-state index in [1.807, 2.05) is 0 Å². The zero-order chi connectivity index (χ0) is 11.2. The Kier molecular flexibility index (Phi) is 4.69. The predicted molar refractivity (Wildman–Crippen MR) is 79.3 cm³/mol. The third-order valence-electron chi connectivity index (χ3n) is 2.96. The van der Waals surface area contributed by atoms with E-state index >= 15 is 0 Å². The monoisotopic (exact) mass is 327 g/mol. The molecule has 0 fully saturated rings. The third kappa shape index (κ3) is 3.00. The van der Waals surface area contributed by atoms with Crippen LogP contribution in [0.4, 0.5) is 0 Å². The van der Waals surface area contributed by atoms with Crippen LogP contribution in [0.15, 0.2) is 36.5 Å². The summed E-state index contributed by atoms with van der Waals surface area (Å²) in [6.45, 7) is 1.16. The topological polar surface area (TPSA) is 4.93 Å². The second kappa shape index (κ2) is 6.28. The van der Waals surface area contributed by atoms with Crippen LogP contribution >= 0.6 is 22.6 Å². The number of hydrogen-bond acceptors (Lipinski definition) is 0. The van der Waals surface area contributed by atoms with Crippen molar-refractivity contribution in [1.29, 1.82) is 0 Å². The van der Waals surface area contributed by atoms with Crippen LogP contribution in [0.5, 0.6) is 0 Å². The van der Waals surface area contributed by atoms with E-state index in [2.05, 4.69) is 63.7 Å². The van der Waals surface area contributed by atoms with Gasteiger partial charge in [-0.2, -0.15) is 0 Å². The molecule has 86 valence electrons. The molecule has 0 bridgehead atoms. The molecule has 1 nitrogen and oxygen atoms in total. The molecule has 1 aromatic carbocycles. The highest BCUT2D eigenvalue weighted by Crippen LogP contribution is 2.16. The van der Waals surface area contributed by atoms with Crippen LogP contribution in [0.25, 0.3) is 10.9 Å². The van der Waals surface area contributed by atoms with Crippen molar-refractivity contribution >= 4 is 33.5 Å². The Morgan fingerprint density at radius 3 is 2.62 bits per heavy atom. The van der Waals surface area contributed by atoms with E-state index in [-0.39, 0.29) is 0 Å². The van der Waals surface area contributed by atoms with Crippen molar-refractivity contribution in [3.63, 3.8) is 0 Å². The molecule has 0 N–H and O–H groups in total. The first-order chi connectivity index (χ1) is 7.92. The molecule has 0 aliphatic heterocycles. The van der Waals surface area contributed by atoms with Crippen molar-refractivity contribution in [2.75, 3.05) is 4.43 Å². The van der Waals surface area contributed by atoms with Crippen LogP contribution in [0.1, 0.15) is 25.7 Å². The fourth-order valence-electron chi connectivity index (χ4n) is 2.07. The van der Waals surface area contributed by atoms with Crippen molar-refractivity contribution in [3.05, 3.63) is 36.5 Å². The average molecular weight is 327 g/mol. The standard InChI is InChI=1S/C14H18IN/c15-10-5-1-2-6-11-16-12-9-13-7-3-4-8-14(13)16/h3-4,7-9,12H,1-2,5-6,10-11H2. The first kappa shape index (κ1) is 12.0. The van der Waals surface area contributed by atoms with E-state index in [1.54, 1.807) is 0 Å². The zero-order valence-electron chi connectivity index (χ0n) is 9.53. The van der Waals surface area contributed by atoms with Gasteiger partial charge in [-0.05, 0) is 34.8 Å². The largest absolute Gasteiger partial charge is 0.347 e. The van der Waals surface area contributed by atoms with Gasteiger partial charge in [-0.1, -0.05) is 53.6 Å². The molecule has 1 aromatic heterocycles. The fourth-order valence-corrected chi connectivity index (χ4v) is 2.61. The van der Waals surface area contributed by atoms with Crippen molar-refractivity contribution in [2.45, 2.75) is 32.2 Å². The number of unbranched alkanes of at least 4 members (excludes halogenated alkanes) is 3. The van der Waals surface area contributed by atoms with Gasteiger partial charge < -0.3 is 4.57 Å². The van der Waals surface area contributed by atoms with Gasteiger partial charge in [0, 0.05) is 18.3 Å². The Labute approximate surface area is 111 Å². The Hall–Kier alpha value is -0.510. The SMILES string of the molecule is ICCCCCCn1ccc2ccccc21. The molecule has 0 radical (unpaired) electrons. The molecule has 0 saturated carbocycles. The molecule has 0 saturated heterocycles. The van der Waals surface area contributed by atoms with Gasteiger partial charge in [0.05, 0.1) is 0 Å². The van der Waals surface area contributed by atoms with Crippen molar-refractivity contribution in [3.8, 4) is 0 Å². The molecule has 0 atom stereocenters. The van der Waals surface area contributed by atoms with Gasteiger partial charge in [0.2, 0.25) is 0 Å². The summed E-state index contributed by atoms with van der Waals surface area (Å²) in [5, 5.41) is 1.36. The summed E-state index contributed by atoms with van der Waals surface area (Å²) in [4.78, 5) is 0. The van der Waals surface area contributed by atoms with E-state index in [0.29, 0.717) is 0 Å². The van der Waals surface area contributed by atoms with Crippen LogP contribution in [0, 0.1) is 0 Å². The first-order valence-electron chi connectivity index (χ1n) is 6.01. The number of para-hydroxylation sites is 1. The van der Waals surface area contributed by atoms with E-state index in [1.165, 1.54) is 41.0 Å². The second-order valence-corrected chi connectivity index (χ2v) is 5.25. The second-order valence-electron chi connectivity index (χ2n) is 4.17. The lowest BCUT2D eigenvalue weighted by molar-refractivity contribution is 0.596. The quantitative estimate of drug-likeness (QED) is 0.414. The lowest BCUT2D eigenvalue weighted by atomic mass is 10.2. The number of nitrogens with zero attached hydrogens (tertiary/aromatic N) is 1. The average Bonchev–Trinajstić information content (AvgIpc) is 2.73. The number of aryl methyl sites for hydroxylation is 1. The summed E-state index contributed by atoms with van der Waals surface area (Å²) in [5.74, 6) is 0. The van der Waals surface area contributed by atoms with Gasteiger partial charge in [-0.15, -0.1) is 0 Å². The lowest BCUT2D eigenvalue weighted by Gasteiger charge is -2.04. The van der Waals surface area contributed by atoms with Gasteiger partial charge in [0.15, 0.2) is 0 Å². The molecule has 2 aromatic rings. The third-order valence-corrected chi connectivity index (χ3v) is 3.73. The summed E-state index contributed by atoms with van der Waals surface area (Å²) in [5.41, 5.74) is 1.37. The van der Waals surface area contributed by atoms with E-state index in [4.69, 9.17) is 0 Å². The molecule has 2 heteroatoms. The molecule has 0 aliphatic rings. The predicted octanol–water partition coefficient (Wildman–Crippen LogP) is 4.64. The highest BCUT2D eigenvalue weighted by molar-refractivity contribution is 14.1. The van der Waals surface area contributed by atoms with E-state index in [0.717, 1.165) is 6.54 Å². The molecule has 0 spiro atoms. The number of hydrogen-bond donors (Lipinski definition) is 0. The molecule has 1 heterocycles. The molecule has 16 heavy (non-hydrogen) atoms. The van der Waals surface area contributed by atoms with E-state index in [9.17, 15) is 0 Å². The Balaban J connectivity index is 1.89. The van der Waals surface area contributed by atoms with Crippen molar-refractivity contribution in [1.82, 2.24) is 4.57 Å². The minimum absolute atomic E-state index is 1.16. The summed E-state index contributed by atoms with van der Waals surface area (Å²) in [6, 6.07) is 10.8. The number of fused-ring (bicyclic) bond motifs is 1. The summed E-state index contributed by atoms with van der Waals surface area (Å²) >= 11 is 2.46. The van der Waals surface area contributed by atoms with Crippen LogP contribution in [0.2, 0.25) is 0 Å². The molecule has 0 amide bonds. The highest BCUT2D eigenvalue weighted by atomic mass is 127. The highest BCUT2D eigenvalue weighted by Gasteiger charge is 1.98. The summed E-state index contributed by atoms with van der Waals surface area (Å²) in [7, 11) is 0. The summed E-state index contributed by atoms with van der Waals surface area (Å²) in [6.07, 6.45) is 7.61. The van der Waals surface area contributed by atoms with Crippen molar-refractivity contribution < 1.29 is 0 Å². The number of benzene rings is 1. The number of halogens is 1. The molecular weight excluding hydrogens is 309 g/mol. The maximum absolute atomic E-state index is 2.46. The van der Waals surface area contributed by atoms with Crippen LogP contribution in [-0.4, -0.2) is 8.99 Å². The van der Waals surface area contributed by atoms with Crippen molar-refractivity contribution in [2.24, 2.45) is 0 Å². The maximum Gasteiger partial charge on any atom is 0.0480 e. The number of aromatic nitrogens is 1. The zero-order valence-corrected chi connectivity index (χ0v) is 11.7. The molecule has 0 unspecified atom stereocenters. The van der Waals surface area contributed by atoms with Gasteiger partial charge in [0.25, 0.3) is 0 Å². The number of alkyl halides is 1. The summed E-state index contributed by atoms with van der Waals surface area (Å²) < 4.78 is 3.67. The molecular formula is C14H18IN. The molecule has 2 rings (SSSR count). The van der Waals surface area contributed by atoms with Gasteiger partial charge >= 0.3 is 0 Å². The Morgan fingerprint density at radius 2 is 1.75 bits per heavy atom. The minimum Gasteiger partial charge on any atom is -0.347 e. The van der Waals surface area contributed by atoms with Gasteiger partial charge in [-0.25, -0.2) is 0 Å². The Morgan fingerprint density at radius 1 is 0.938 bits per heavy atom. The van der Waals surface area contributed by atoms with Gasteiger partial charge in [0.1, 0.15) is 0 Å². The fraction of sp³-hybridized carbons (Fsp3) is 0.429. The molecule has 0 aliphatic carbocycles. The van der Waals surface area contributed by atoms with Crippen LogP contribution in [0.3, 0.4) is 0 Å². The lowest BCUT2D eigenvalue weighted by Crippen LogP contribution is -1.95. The minimum atomic E-state index is 1.16. The van der Waals surface area contributed by atoms with Crippen LogP contribution in [-0.2, 0) is 6.54 Å². The van der Waals surface area contributed by atoms with Crippen LogP contribution < -0.4 is 0 Å². The van der Waals surface area contributed by atoms with Gasteiger partial charge in [-0.3, -0.25) is 0 Å². The smallest absolute Gasteiger partial charge is 0.0480 e. The van der Waals surface area contributed by atoms with E-state index < -0.39 is 0 Å². The first-order valence-corrected chi connectivity index (χ1v) is 7.54. The number of rotatable bonds is 6. The normalized spacial score (nSPS) is 11.1.